The van der Waals surface area contributed by atoms with Crippen LogP contribution in [0.5, 0.6) is 0 Å². The molecule has 0 aromatic heterocycles. The van der Waals surface area contributed by atoms with E-state index in [1.165, 1.54) is 0 Å². The van der Waals surface area contributed by atoms with Crippen LogP contribution in [0.1, 0.15) is 0 Å². The molecule has 0 fully saturated rings. The Labute approximate surface area is 101 Å². The van der Waals surface area contributed by atoms with Crippen molar-refractivity contribution in [1.29, 1.82) is 0 Å². The van der Waals surface area contributed by atoms with Crippen molar-refractivity contribution in [1.82, 2.24) is 0 Å². The number of hydrogen-bond donors (Lipinski definition) is 5. The summed E-state index contributed by atoms with van der Waals surface area (Å²) in [6.45, 7) is 2.44. The number of rotatable bonds is 9. The fourth-order valence-corrected chi connectivity index (χ4v) is 0.637. The van der Waals surface area contributed by atoms with Crippen molar-refractivity contribution in [3.63, 3.8) is 0 Å². The minimum atomic E-state index is -3.13. The zero-order chi connectivity index (χ0) is 13.5. The van der Waals surface area contributed by atoms with E-state index in [1.54, 1.807) is 0 Å². The second-order valence-corrected chi connectivity index (χ2v) is 3.11. The lowest BCUT2D eigenvalue weighted by molar-refractivity contribution is 0.100. The Kier molecular flexibility index (Phi) is 18.2. The minimum Gasteiger partial charge on any atom is -0.385 e. The van der Waals surface area contributed by atoms with Gasteiger partial charge in [0.25, 0.3) is 0 Å². The highest BCUT2D eigenvalue weighted by atomic mass is 31.1. The third-order valence-electron chi connectivity index (χ3n) is 1.12. The Bertz CT molecular complexity index is 157. The number of hydrogen-bond acceptors (Lipinski definition) is 7. The average Bonchev–Trinajstić information content (AvgIpc) is 2.27. The fourth-order valence-electron chi connectivity index (χ4n) is 0.637. The first-order valence-electron chi connectivity index (χ1n) is 4.95. The standard InChI is InChI=1S/C6H18BN3O3.H3O3P/c8-1-4-11-7(12-5-2-9)13-6-3-10;1-4(2)3/h1-6,8-10H2;4H,(H2,1,2,3). The molecule has 0 aliphatic rings. The molecule has 0 amide bonds. The predicted molar refractivity (Wildman–Crippen MR) is 64.2 cm³/mol. The molecule has 0 rings (SSSR count). The van der Waals surface area contributed by atoms with Gasteiger partial charge in [-0.25, -0.2) is 0 Å². The molecule has 0 unspecified atom stereocenters. The highest BCUT2D eigenvalue weighted by molar-refractivity contribution is 7.30. The molecule has 0 aromatic rings. The van der Waals surface area contributed by atoms with E-state index in [1.807, 2.05) is 0 Å². The van der Waals surface area contributed by atoms with Gasteiger partial charge in [-0.3, -0.25) is 4.57 Å². The van der Waals surface area contributed by atoms with Crippen molar-refractivity contribution in [2.75, 3.05) is 39.5 Å². The van der Waals surface area contributed by atoms with Crippen molar-refractivity contribution in [3.05, 3.63) is 0 Å². The average molecular weight is 273 g/mol. The Morgan fingerprint density at radius 3 is 1.29 bits per heavy atom. The lowest BCUT2D eigenvalue weighted by Gasteiger charge is -2.12. The fraction of sp³-hybridized carbons (Fsp3) is 1.00. The third-order valence-corrected chi connectivity index (χ3v) is 1.12. The van der Waals surface area contributed by atoms with Crippen LogP contribution < -0.4 is 17.2 Å². The van der Waals surface area contributed by atoms with Gasteiger partial charge in [0, 0.05) is 39.5 Å². The molecule has 104 valence electrons. The van der Waals surface area contributed by atoms with Crippen LogP contribution in [0.3, 0.4) is 0 Å². The molecule has 17 heavy (non-hydrogen) atoms. The maximum absolute atomic E-state index is 8.74. The van der Waals surface area contributed by atoms with Crippen molar-refractivity contribution in [2.24, 2.45) is 17.2 Å². The highest BCUT2D eigenvalue weighted by Gasteiger charge is 2.19. The van der Waals surface area contributed by atoms with Gasteiger partial charge in [-0.1, -0.05) is 0 Å². The number of nitrogens with two attached hydrogens (primary N) is 3. The van der Waals surface area contributed by atoms with Gasteiger partial charge in [-0.2, -0.15) is 0 Å². The summed E-state index contributed by atoms with van der Waals surface area (Å²) in [4.78, 5) is 14.3. The molecule has 0 saturated carbocycles. The molecule has 0 aromatic carbocycles. The zero-order valence-electron chi connectivity index (χ0n) is 9.58. The Balaban J connectivity index is 0. The lowest BCUT2D eigenvalue weighted by atomic mass is 10.2. The van der Waals surface area contributed by atoms with Crippen LogP contribution >= 0.6 is 8.25 Å². The van der Waals surface area contributed by atoms with Crippen LogP contribution in [0.15, 0.2) is 0 Å². The van der Waals surface area contributed by atoms with E-state index in [4.69, 9.17) is 45.5 Å². The maximum atomic E-state index is 8.74. The van der Waals surface area contributed by atoms with E-state index in [-0.39, 0.29) is 0 Å². The molecule has 0 aliphatic carbocycles. The topological polar surface area (TPSA) is 163 Å². The largest absolute Gasteiger partial charge is 0.639 e. The zero-order valence-corrected chi connectivity index (χ0v) is 10.6. The third kappa shape index (κ3) is 21.8. The first kappa shape index (κ1) is 19.3. The van der Waals surface area contributed by atoms with Crippen LogP contribution in [-0.4, -0.2) is 56.6 Å². The van der Waals surface area contributed by atoms with Gasteiger partial charge in [-0.05, 0) is 0 Å². The van der Waals surface area contributed by atoms with Gasteiger partial charge in [0.15, 0.2) is 0 Å². The Hall–Kier alpha value is -0.0251. The SMILES string of the molecule is NCCOB(OCCN)OCCN.O=[PH](O)O. The van der Waals surface area contributed by atoms with Crippen molar-refractivity contribution in [2.45, 2.75) is 0 Å². The van der Waals surface area contributed by atoms with Crippen LogP contribution in [-0.2, 0) is 18.5 Å². The monoisotopic (exact) mass is 273 g/mol. The van der Waals surface area contributed by atoms with E-state index in [0.717, 1.165) is 0 Å². The summed E-state index contributed by atoms with van der Waals surface area (Å²) >= 11 is 0. The Morgan fingerprint density at radius 1 is 0.882 bits per heavy atom. The van der Waals surface area contributed by atoms with Crippen molar-refractivity contribution < 1.29 is 28.3 Å². The van der Waals surface area contributed by atoms with Crippen LogP contribution in [0.25, 0.3) is 0 Å². The molecule has 9 nitrogen and oxygen atoms in total. The van der Waals surface area contributed by atoms with Gasteiger partial charge in [0.05, 0.1) is 0 Å². The van der Waals surface area contributed by atoms with E-state index < -0.39 is 15.6 Å². The van der Waals surface area contributed by atoms with E-state index in [2.05, 4.69) is 0 Å². The van der Waals surface area contributed by atoms with Gasteiger partial charge in [0.2, 0.25) is 0 Å². The molecule has 0 radical (unpaired) electrons. The molecule has 0 spiro atoms. The molecule has 11 heteroatoms. The minimum absolute atomic E-state index is 0.389. The first-order valence-corrected chi connectivity index (χ1v) is 6.25. The van der Waals surface area contributed by atoms with E-state index in [0.29, 0.717) is 39.5 Å². The second kappa shape index (κ2) is 16.0. The Morgan fingerprint density at radius 2 is 1.12 bits per heavy atom. The first-order chi connectivity index (χ1) is 8.08. The molecule has 8 N–H and O–H groups in total. The van der Waals surface area contributed by atoms with Gasteiger partial charge >= 0.3 is 15.6 Å². The van der Waals surface area contributed by atoms with Crippen LogP contribution in [0.4, 0.5) is 0 Å². The van der Waals surface area contributed by atoms with Crippen molar-refractivity contribution >= 4 is 15.6 Å². The summed E-state index contributed by atoms with van der Waals surface area (Å²) in [5.74, 6) is 0. The lowest BCUT2D eigenvalue weighted by Crippen LogP contribution is -2.33. The predicted octanol–water partition coefficient (Wildman–Crippen LogP) is -2.74. The molecule has 0 atom stereocenters. The maximum Gasteiger partial charge on any atom is 0.639 e. The summed E-state index contributed by atoms with van der Waals surface area (Å²) in [6.07, 6.45) is 0. The normalized spacial score (nSPS) is 10.0. The summed E-state index contributed by atoms with van der Waals surface area (Å²) in [6, 6.07) is 0. The summed E-state index contributed by atoms with van der Waals surface area (Å²) in [5.41, 5.74) is 15.7. The van der Waals surface area contributed by atoms with E-state index in [9.17, 15) is 0 Å². The smallest absolute Gasteiger partial charge is 0.385 e. The van der Waals surface area contributed by atoms with Crippen LogP contribution in [0, 0.1) is 0 Å². The molecular formula is C6H21BN3O6P. The molecule has 0 heterocycles. The van der Waals surface area contributed by atoms with E-state index >= 15 is 0 Å². The van der Waals surface area contributed by atoms with Crippen molar-refractivity contribution in [3.8, 4) is 0 Å². The van der Waals surface area contributed by atoms with Gasteiger partial charge in [0.1, 0.15) is 0 Å². The summed E-state index contributed by atoms with van der Waals surface area (Å²) < 4.78 is 24.1. The van der Waals surface area contributed by atoms with Gasteiger partial charge < -0.3 is 41.0 Å². The molecule has 0 saturated heterocycles. The highest BCUT2D eigenvalue weighted by Crippen LogP contribution is 1.98. The molecule has 0 bridgehead atoms. The second-order valence-electron chi connectivity index (χ2n) is 2.55. The summed E-state index contributed by atoms with van der Waals surface area (Å²) in [7, 11) is -3.83. The molecular weight excluding hydrogens is 252 g/mol. The quantitative estimate of drug-likeness (QED) is 0.221. The molecule has 0 aliphatic heterocycles. The van der Waals surface area contributed by atoms with Gasteiger partial charge in [-0.15, -0.1) is 0 Å². The van der Waals surface area contributed by atoms with Crippen LogP contribution in [0.2, 0.25) is 0 Å². The summed E-state index contributed by atoms with van der Waals surface area (Å²) in [5, 5.41) is 0.